The van der Waals surface area contributed by atoms with E-state index in [4.69, 9.17) is 0 Å². The van der Waals surface area contributed by atoms with E-state index < -0.39 is 10.0 Å². The first kappa shape index (κ1) is 15.2. The Morgan fingerprint density at radius 1 is 0.826 bits per heavy atom. The highest BCUT2D eigenvalue weighted by atomic mass is 32.2. The minimum Gasteiger partial charge on any atom is -0.273 e. The van der Waals surface area contributed by atoms with E-state index in [1.165, 1.54) is 0 Å². The van der Waals surface area contributed by atoms with E-state index in [2.05, 4.69) is 4.72 Å². The Bertz CT molecular complexity index is 905. The quantitative estimate of drug-likeness (QED) is 0.750. The lowest BCUT2D eigenvalue weighted by molar-refractivity contribution is -0.594. The summed E-state index contributed by atoms with van der Waals surface area (Å²) in [6.45, 7) is 1.92. The van der Waals surface area contributed by atoms with Gasteiger partial charge >= 0.3 is 0 Å². The summed E-state index contributed by atoms with van der Waals surface area (Å²) in [6, 6.07) is 19.8. The molecule has 0 atom stereocenters. The van der Waals surface area contributed by atoms with Gasteiger partial charge in [0, 0.05) is 18.2 Å². The van der Waals surface area contributed by atoms with Crippen LogP contribution < -0.4 is 9.29 Å². The second-order valence-electron chi connectivity index (χ2n) is 5.22. The summed E-state index contributed by atoms with van der Waals surface area (Å²) in [7, 11) is -3.62. The highest BCUT2D eigenvalue weighted by molar-refractivity contribution is 7.92. The molecule has 3 rings (SSSR count). The van der Waals surface area contributed by atoms with Crippen molar-refractivity contribution >= 4 is 15.7 Å². The summed E-state index contributed by atoms with van der Waals surface area (Å²) in [6.07, 6.45) is 3.75. The first-order valence-electron chi connectivity index (χ1n) is 7.21. The maximum Gasteiger partial charge on any atom is 0.262 e. The van der Waals surface area contributed by atoms with E-state index >= 15 is 0 Å². The lowest BCUT2D eigenvalue weighted by Crippen LogP contribution is -2.31. The maximum absolute atomic E-state index is 12.6. The van der Waals surface area contributed by atoms with Gasteiger partial charge < -0.3 is 0 Å². The second-order valence-corrected chi connectivity index (χ2v) is 6.90. The molecule has 4 nitrogen and oxygen atoms in total. The maximum atomic E-state index is 12.6. The molecule has 0 aliphatic heterocycles. The van der Waals surface area contributed by atoms with Crippen molar-refractivity contribution in [1.29, 1.82) is 0 Å². The monoisotopic (exact) mass is 325 g/mol. The number of para-hydroxylation sites is 2. The molecule has 5 heteroatoms. The topological polar surface area (TPSA) is 50.1 Å². The molecule has 0 aliphatic carbocycles. The van der Waals surface area contributed by atoms with Crippen molar-refractivity contribution in [2.75, 3.05) is 4.72 Å². The highest BCUT2D eigenvalue weighted by Crippen LogP contribution is 2.20. The predicted molar refractivity (Wildman–Crippen MR) is 90.0 cm³/mol. The number of aromatic nitrogens is 1. The van der Waals surface area contributed by atoms with E-state index in [-0.39, 0.29) is 4.90 Å². The lowest BCUT2D eigenvalue weighted by atomic mass is 10.2. The zero-order valence-electron chi connectivity index (χ0n) is 12.7. The molecule has 1 N–H and O–H groups in total. The minimum absolute atomic E-state index is 0.246. The molecule has 0 amide bonds. The van der Waals surface area contributed by atoms with Crippen LogP contribution in [-0.4, -0.2) is 8.42 Å². The third-order valence-electron chi connectivity index (χ3n) is 3.47. The molecule has 23 heavy (non-hydrogen) atoms. The van der Waals surface area contributed by atoms with Crippen LogP contribution in [0.15, 0.2) is 84.0 Å². The summed E-state index contributed by atoms with van der Waals surface area (Å²) in [4.78, 5) is 0.246. The number of nitrogens with one attached hydrogen (secondary N) is 1. The largest absolute Gasteiger partial charge is 0.273 e. The Hall–Kier alpha value is -2.66. The zero-order valence-corrected chi connectivity index (χ0v) is 13.5. The molecule has 3 aromatic rings. The molecule has 1 heterocycles. The number of hydrogen-bond acceptors (Lipinski definition) is 2. The zero-order chi connectivity index (χ0) is 16.3. The Morgan fingerprint density at radius 3 is 2.17 bits per heavy atom. The average molecular weight is 325 g/mol. The van der Waals surface area contributed by atoms with Gasteiger partial charge in [-0.15, -0.1) is 0 Å². The average Bonchev–Trinajstić information content (AvgIpc) is 2.56. The molecule has 0 aliphatic rings. The molecular weight excluding hydrogens is 308 g/mol. The number of sulfonamides is 1. The smallest absolute Gasteiger partial charge is 0.262 e. The Kier molecular flexibility index (Phi) is 4.12. The number of nitrogens with zero attached hydrogens (tertiary/aromatic N) is 1. The molecule has 1 aromatic heterocycles. The number of rotatable bonds is 4. The fourth-order valence-electron chi connectivity index (χ4n) is 2.27. The van der Waals surface area contributed by atoms with E-state index in [1.807, 2.05) is 54.2 Å². The SMILES string of the molecule is Cc1ccc(S(=O)(=O)Nc2ccccc2-[n+]2ccccc2)cc1. The molecule has 116 valence electrons. The van der Waals surface area contributed by atoms with Crippen molar-refractivity contribution in [3.8, 4) is 5.69 Å². The van der Waals surface area contributed by atoms with Crippen molar-refractivity contribution in [1.82, 2.24) is 0 Å². The first-order chi connectivity index (χ1) is 11.1. The lowest BCUT2D eigenvalue weighted by Gasteiger charge is -2.09. The van der Waals surface area contributed by atoms with E-state index in [9.17, 15) is 8.42 Å². The van der Waals surface area contributed by atoms with Crippen molar-refractivity contribution in [3.05, 3.63) is 84.7 Å². The third-order valence-corrected chi connectivity index (χ3v) is 4.85. The van der Waals surface area contributed by atoms with Crippen molar-refractivity contribution < 1.29 is 13.0 Å². The van der Waals surface area contributed by atoms with Crippen LogP contribution in [0.1, 0.15) is 5.56 Å². The van der Waals surface area contributed by atoms with Crippen LogP contribution in [0.3, 0.4) is 0 Å². The molecule has 0 bridgehead atoms. The molecular formula is C18H17N2O2S+. The van der Waals surface area contributed by atoms with Gasteiger partial charge in [-0.1, -0.05) is 35.9 Å². The van der Waals surface area contributed by atoms with Gasteiger partial charge in [0.05, 0.1) is 4.90 Å². The normalized spacial score (nSPS) is 11.2. The van der Waals surface area contributed by atoms with E-state index in [0.717, 1.165) is 11.3 Å². The molecule has 0 spiro atoms. The molecule has 0 fully saturated rings. The molecule has 0 unspecified atom stereocenters. The van der Waals surface area contributed by atoms with Gasteiger partial charge in [0.15, 0.2) is 12.4 Å². The van der Waals surface area contributed by atoms with Crippen LogP contribution in [0.5, 0.6) is 0 Å². The fraction of sp³-hybridized carbons (Fsp3) is 0.0556. The van der Waals surface area contributed by atoms with Crippen LogP contribution in [0.25, 0.3) is 5.69 Å². The van der Waals surface area contributed by atoms with E-state index in [0.29, 0.717) is 5.69 Å². The Labute approximate surface area is 136 Å². The van der Waals surface area contributed by atoms with Gasteiger partial charge in [-0.3, -0.25) is 4.72 Å². The standard InChI is InChI=1S/C18H17N2O2S/c1-15-9-11-16(12-10-15)23(21,22)19-17-7-3-4-8-18(17)20-13-5-2-6-14-20/h2-14,19H,1H3/q+1. The number of aryl methyl sites for hydroxylation is 1. The Balaban J connectivity index is 1.99. The van der Waals surface area contributed by atoms with Gasteiger partial charge in [-0.05, 0) is 25.1 Å². The van der Waals surface area contributed by atoms with Crippen molar-refractivity contribution in [2.24, 2.45) is 0 Å². The van der Waals surface area contributed by atoms with Crippen LogP contribution >= 0.6 is 0 Å². The van der Waals surface area contributed by atoms with Crippen molar-refractivity contribution in [3.63, 3.8) is 0 Å². The Morgan fingerprint density at radius 2 is 1.48 bits per heavy atom. The van der Waals surface area contributed by atoms with Crippen LogP contribution in [0, 0.1) is 6.92 Å². The molecule has 2 aromatic carbocycles. The van der Waals surface area contributed by atoms with Gasteiger partial charge in [0.2, 0.25) is 5.69 Å². The summed E-state index contributed by atoms with van der Waals surface area (Å²) >= 11 is 0. The van der Waals surface area contributed by atoms with Crippen molar-refractivity contribution in [2.45, 2.75) is 11.8 Å². The van der Waals surface area contributed by atoms with Gasteiger partial charge in [-0.25, -0.2) is 8.42 Å². The first-order valence-corrected chi connectivity index (χ1v) is 8.70. The third kappa shape index (κ3) is 3.40. The van der Waals surface area contributed by atoms with Gasteiger partial charge in [0.1, 0.15) is 5.69 Å². The molecule has 0 radical (unpaired) electrons. The van der Waals surface area contributed by atoms with Crippen LogP contribution in [-0.2, 0) is 10.0 Å². The summed E-state index contributed by atoms with van der Waals surface area (Å²) < 4.78 is 29.7. The summed E-state index contributed by atoms with van der Waals surface area (Å²) in [5.41, 5.74) is 2.32. The molecule has 0 saturated carbocycles. The minimum atomic E-state index is -3.62. The fourth-order valence-corrected chi connectivity index (χ4v) is 3.34. The number of hydrogen-bond donors (Lipinski definition) is 1. The molecule has 0 saturated heterocycles. The van der Waals surface area contributed by atoms with Gasteiger partial charge in [0.25, 0.3) is 10.0 Å². The van der Waals surface area contributed by atoms with Crippen LogP contribution in [0.4, 0.5) is 5.69 Å². The van der Waals surface area contributed by atoms with Crippen LogP contribution in [0.2, 0.25) is 0 Å². The number of benzene rings is 2. The van der Waals surface area contributed by atoms with Gasteiger partial charge in [-0.2, -0.15) is 4.57 Å². The second kappa shape index (κ2) is 6.22. The van der Waals surface area contributed by atoms with E-state index in [1.54, 1.807) is 36.4 Å². The summed E-state index contributed by atoms with van der Waals surface area (Å²) in [5.74, 6) is 0. The summed E-state index contributed by atoms with van der Waals surface area (Å²) in [5, 5.41) is 0. The number of pyridine rings is 1. The highest BCUT2D eigenvalue weighted by Gasteiger charge is 2.19. The number of anilines is 1. The predicted octanol–water partition coefficient (Wildman–Crippen LogP) is 3.07.